The van der Waals surface area contributed by atoms with Crippen LogP contribution >= 0.6 is 0 Å². The molecule has 0 aliphatic rings. The van der Waals surface area contributed by atoms with Crippen molar-refractivity contribution in [3.8, 4) is 22.8 Å². The van der Waals surface area contributed by atoms with Gasteiger partial charge in [-0.1, -0.05) is 13.0 Å². The highest BCUT2D eigenvalue weighted by atomic mass is 16.5. The van der Waals surface area contributed by atoms with Crippen LogP contribution in [0, 0.1) is 0 Å². The first-order valence-corrected chi connectivity index (χ1v) is 7.24. The summed E-state index contributed by atoms with van der Waals surface area (Å²) in [5, 5.41) is 3.18. The smallest absolute Gasteiger partial charge is 0.255 e. The van der Waals surface area contributed by atoms with Gasteiger partial charge in [-0.05, 0) is 30.8 Å². The molecule has 5 nitrogen and oxygen atoms in total. The summed E-state index contributed by atoms with van der Waals surface area (Å²) in [6.07, 6.45) is 0. The molecule has 0 radical (unpaired) electrons. The molecule has 0 aliphatic heterocycles. The number of nitrogens with zero attached hydrogens (tertiary/aromatic N) is 1. The maximum atomic E-state index is 12.4. The zero-order valence-corrected chi connectivity index (χ0v) is 13.5. The number of hydrogen-bond acceptors (Lipinski definition) is 4. The monoisotopic (exact) mass is 302 g/mol. The van der Waals surface area contributed by atoms with Crippen LogP contribution in [0.15, 0.2) is 35.1 Å². The number of aromatic nitrogens is 1. The van der Waals surface area contributed by atoms with Crippen LogP contribution in [0.2, 0.25) is 0 Å². The number of benzene rings is 1. The molecule has 0 amide bonds. The first-order chi connectivity index (χ1) is 10.6. The van der Waals surface area contributed by atoms with Gasteiger partial charge in [-0.3, -0.25) is 4.79 Å². The van der Waals surface area contributed by atoms with Gasteiger partial charge in [0.25, 0.3) is 5.56 Å². The standard InChI is InChI=1S/C17H22N2O3/c1-5-18-11-13-6-8-14(19(2)17(13)20)12-7-9-15(21-3)16(10-12)22-4/h6-10,18H,5,11H2,1-4H3. The lowest BCUT2D eigenvalue weighted by atomic mass is 10.1. The van der Waals surface area contributed by atoms with Gasteiger partial charge in [0.2, 0.25) is 0 Å². The van der Waals surface area contributed by atoms with E-state index in [2.05, 4.69) is 5.32 Å². The Bertz CT molecular complexity index is 708. The Hall–Kier alpha value is -2.27. The average molecular weight is 302 g/mol. The molecule has 1 heterocycles. The van der Waals surface area contributed by atoms with E-state index in [1.54, 1.807) is 25.8 Å². The minimum atomic E-state index is 0.00762. The number of pyridine rings is 1. The topological polar surface area (TPSA) is 52.5 Å². The number of ether oxygens (including phenoxy) is 2. The number of methoxy groups -OCH3 is 2. The molecule has 22 heavy (non-hydrogen) atoms. The number of nitrogens with one attached hydrogen (secondary N) is 1. The lowest BCUT2D eigenvalue weighted by Gasteiger charge is -2.13. The Morgan fingerprint density at radius 3 is 2.45 bits per heavy atom. The molecule has 118 valence electrons. The lowest BCUT2D eigenvalue weighted by molar-refractivity contribution is 0.355. The van der Waals surface area contributed by atoms with Crippen molar-refractivity contribution < 1.29 is 9.47 Å². The fourth-order valence-corrected chi connectivity index (χ4v) is 2.37. The van der Waals surface area contributed by atoms with Crippen LogP contribution in [0.1, 0.15) is 12.5 Å². The second-order valence-corrected chi connectivity index (χ2v) is 4.96. The van der Waals surface area contributed by atoms with E-state index in [9.17, 15) is 4.79 Å². The number of hydrogen-bond donors (Lipinski definition) is 1. The third-order valence-corrected chi connectivity index (χ3v) is 3.63. The molecular formula is C17H22N2O3. The summed E-state index contributed by atoms with van der Waals surface area (Å²) in [4.78, 5) is 12.4. The van der Waals surface area contributed by atoms with Crippen LogP contribution < -0.4 is 20.3 Å². The van der Waals surface area contributed by atoms with Crippen molar-refractivity contribution in [2.24, 2.45) is 7.05 Å². The van der Waals surface area contributed by atoms with Crippen LogP contribution in [0.25, 0.3) is 11.3 Å². The molecule has 1 aromatic heterocycles. The van der Waals surface area contributed by atoms with E-state index in [0.717, 1.165) is 23.4 Å². The Kier molecular flexibility index (Phi) is 5.22. The first kappa shape index (κ1) is 16.1. The predicted molar refractivity (Wildman–Crippen MR) is 87.6 cm³/mol. The second kappa shape index (κ2) is 7.13. The van der Waals surface area contributed by atoms with E-state index >= 15 is 0 Å². The van der Waals surface area contributed by atoms with Crippen LogP contribution in [-0.2, 0) is 13.6 Å². The third-order valence-electron chi connectivity index (χ3n) is 3.63. The van der Waals surface area contributed by atoms with Crippen molar-refractivity contribution in [2.45, 2.75) is 13.5 Å². The quantitative estimate of drug-likeness (QED) is 0.888. The van der Waals surface area contributed by atoms with Gasteiger partial charge in [0.05, 0.1) is 19.9 Å². The summed E-state index contributed by atoms with van der Waals surface area (Å²) in [5.41, 5.74) is 2.51. The molecule has 0 spiro atoms. The lowest BCUT2D eigenvalue weighted by Crippen LogP contribution is -2.26. The van der Waals surface area contributed by atoms with Gasteiger partial charge in [0.1, 0.15) is 0 Å². The Morgan fingerprint density at radius 2 is 1.82 bits per heavy atom. The molecule has 0 atom stereocenters. The van der Waals surface area contributed by atoms with Crippen LogP contribution in [0.4, 0.5) is 0 Å². The molecule has 0 aliphatic carbocycles. The van der Waals surface area contributed by atoms with E-state index in [1.165, 1.54) is 0 Å². The molecule has 1 aromatic carbocycles. The molecule has 0 saturated carbocycles. The van der Waals surface area contributed by atoms with Gasteiger partial charge in [-0.15, -0.1) is 0 Å². The summed E-state index contributed by atoms with van der Waals surface area (Å²) in [7, 11) is 4.98. The SMILES string of the molecule is CCNCc1ccc(-c2ccc(OC)c(OC)c2)n(C)c1=O. The van der Waals surface area contributed by atoms with Crippen molar-refractivity contribution in [2.75, 3.05) is 20.8 Å². The summed E-state index contributed by atoms with van der Waals surface area (Å²) in [6.45, 7) is 3.43. The minimum Gasteiger partial charge on any atom is -0.493 e. The minimum absolute atomic E-state index is 0.00762. The molecule has 2 rings (SSSR count). The molecular weight excluding hydrogens is 280 g/mol. The highest BCUT2D eigenvalue weighted by Gasteiger charge is 2.10. The van der Waals surface area contributed by atoms with E-state index in [1.807, 2.05) is 37.3 Å². The normalized spacial score (nSPS) is 10.5. The molecule has 0 fully saturated rings. The van der Waals surface area contributed by atoms with Gasteiger partial charge >= 0.3 is 0 Å². The third kappa shape index (κ3) is 3.14. The molecule has 2 aromatic rings. The molecule has 0 unspecified atom stereocenters. The number of rotatable bonds is 6. The summed E-state index contributed by atoms with van der Waals surface area (Å²) < 4.78 is 12.2. The van der Waals surface area contributed by atoms with E-state index in [0.29, 0.717) is 18.0 Å². The fourth-order valence-electron chi connectivity index (χ4n) is 2.37. The fraction of sp³-hybridized carbons (Fsp3) is 0.353. The zero-order chi connectivity index (χ0) is 16.1. The Morgan fingerprint density at radius 1 is 1.09 bits per heavy atom. The predicted octanol–water partition coefficient (Wildman–Crippen LogP) is 2.18. The van der Waals surface area contributed by atoms with E-state index in [4.69, 9.17) is 9.47 Å². The second-order valence-electron chi connectivity index (χ2n) is 4.96. The first-order valence-electron chi connectivity index (χ1n) is 7.24. The van der Waals surface area contributed by atoms with E-state index < -0.39 is 0 Å². The maximum Gasteiger partial charge on any atom is 0.255 e. The summed E-state index contributed by atoms with van der Waals surface area (Å²) in [6, 6.07) is 9.45. The van der Waals surface area contributed by atoms with Gasteiger partial charge < -0.3 is 19.4 Å². The summed E-state index contributed by atoms with van der Waals surface area (Å²) >= 11 is 0. The molecule has 5 heteroatoms. The van der Waals surface area contributed by atoms with Crippen LogP contribution in [0.5, 0.6) is 11.5 Å². The molecule has 0 bridgehead atoms. The average Bonchev–Trinajstić information content (AvgIpc) is 2.55. The molecule has 1 N–H and O–H groups in total. The van der Waals surface area contributed by atoms with Crippen LogP contribution in [0.3, 0.4) is 0 Å². The van der Waals surface area contributed by atoms with Crippen molar-refractivity contribution in [3.63, 3.8) is 0 Å². The van der Waals surface area contributed by atoms with Gasteiger partial charge in [-0.25, -0.2) is 0 Å². The van der Waals surface area contributed by atoms with Crippen molar-refractivity contribution in [1.82, 2.24) is 9.88 Å². The Balaban J connectivity index is 2.45. The van der Waals surface area contributed by atoms with Crippen LogP contribution in [-0.4, -0.2) is 25.3 Å². The van der Waals surface area contributed by atoms with Crippen molar-refractivity contribution in [1.29, 1.82) is 0 Å². The van der Waals surface area contributed by atoms with Gasteiger partial charge in [0, 0.05) is 24.7 Å². The summed E-state index contributed by atoms with van der Waals surface area (Å²) in [5.74, 6) is 1.31. The highest BCUT2D eigenvalue weighted by Crippen LogP contribution is 2.31. The van der Waals surface area contributed by atoms with Crippen molar-refractivity contribution in [3.05, 3.63) is 46.2 Å². The largest absolute Gasteiger partial charge is 0.493 e. The van der Waals surface area contributed by atoms with Crippen molar-refractivity contribution >= 4 is 0 Å². The van der Waals surface area contributed by atoms with Gasteiger partial charge in [-0.2, -0.15) is 0 Å². The van der Waals surface area contributed by atoms with E-state index in [-0.39, 0.29) is 5.56 Å². The zero-order valence-electron chi connectivity index (χ0n) is 13.5. The maximum absolute atomic E-state index is 12.4. The molecule has 0 saturated heterocycles. The van der Waals surface area contributed by atoms with Gasteiger partial charge in [0.15, 0.2) is 11.5 Å². The highest BCUT2D eigenvalue weighted by molar-refractivity contribution is 5.64. The Labute approximate surface area is 130 Å².